The van der Waals surface area contributed by atoms with Gasteiger partial charge in [0.25, 0.3) is 0 Å². The molecule has 6 rings (SSSR count). The molecule has 0 heterocycles. The molecule has 0 unspecified atom stereocenters. The van der Waals surface area contributed by atoms with E-state index in [4.69, 9.17) is 144 Å². The van der Waals surface area contributed by atoms with E-state index in [1.54, 1.807) is 37.4 Å². The molecule has 0 aromatic heterocycles. The third-order valence-electron chi connectivity index (χ3n) is 16.3. The smallest absolute Gasteiger partial charge is 0.338 e. The largest absolute Gasteiger partial charge is 0.496 e. The van der Waals surface area contributed by atoms with Crippen molar-refractivity contribution in [1.29, 1.82) is 0 Å². The maximum Gasteiger partial charge on any atom is 0.338 e. The second-order valence-electron chi connectivity index (χ2n) is 24.6. The van der Waals surface area contributed by atoms with Gasteiger partial charge in [0, 0.05) is 42.0 Å². The van der Waals surface area contributed by atoms with Crippen LogP contribution in [0.2, 0.25) is 0 Å². The second-order valence-corrected chi connectivity index (χ2v) is 24.6. The Morgan fingerprint density at radius 1 is 0.267 bits per heavy atom. The zero-order chi connectivity index (χ0) is 81.5. The fourth-order valence-corrected chi connectivity index (χ4v) is 10.7. The molecule has 0 aliphatic carbocycles. The van der Waals surface area contributed by atoms with E-state index < -0.39 is 5.97 Å². The maximum absolute atomic E-state index is 12.9. The Morgan fingerprint density at radius 3 is 0.836 bits per heavy atom. The summed E-state index contributed by atoms with van der Waals surface area (Å²) in [5, 5.41) is 4.45. The topological polar surface area (TPSA) is 285 Å². The van der Waals surface area contributed by atoms with Gasteiger partial charge in [0.15, 0.2) is 13.6 Å². The monoisotopic (exact) mass is 1640 g/mol. The highest BCUT2D eigenvalue weighted by molar-refractivity contribution is 6.09. The third kappa shape index (κ3) is 44.8. The predicted octanol–water partition coefficient (Wildman–Crippen LogP) is 8.88. The Bertz CT molecular complexity index is 3430. The summed E-state index contributed by atoms with van der Waals surface area (Å²) in [4.78, 5) is 12.9. The molecule has 0 bridgehead atoms. The average molecular weight is 1640 g/mol. The quantitative estimate of drug-likeness (QED) is 0.0149. The lowest BCUT2D eigenvalue weighted by molar-refractivity contribution is -0.0318. The fraction of sp³-hybridized carbons (Fsp3) is 0.593. The van der Waals surface area contributed by atoms with E-state index in [9.17, 15) is 4.79 Å². The third-order valence-corrected chi connectivity index (χ3v) is 16.3. The number of carbonyl (C=O) groups excluding carboxylic acids is 1. The Kier molecular flexibility index (Phi) is 58.2. The van der Waals surface area contributed by atoms with Crippen LogP contribution in [0.5, 0.6) is 23.0 Å². The van der Waals surface area contributed by atoms with E-state index in [2.05, 4.69) is 42.3 Å². The van der Waals surface area contributed by atoms with E-state index >= 15 is 0 Å². The summed E-state index contributed by atoms with van der Waals surface area (Å²) in [6, 6.07) is 35.2. The minimum atomic E-state index is -0.533. The van der Waals surface area contributed by atoms with Crippen LogP contribution < -0.4 is 18.9 Å². The first kappa shape index (κ1) is 97.9. The standard InChI is InChI=1S/C86H124O30/c1-5-72-14-18-78(82(68-72)115-70-88-2)79-19-15-75(69-83(79)116-71-89-3)86(87)114-67-65-112-63-61-110-59-57-108-55-53-106-51-49-104-47-45-102-43-41-100-39-37-98-35-33-96-31-29-94-27-25-92-23-22-91-24-26-93-28-30-95-32-34-97-36-38-99-40-42-101-44-46-103-48-50-105-52-54-107-56-58-109-60-62-111-64-66-113-81-21-17-74-11-7-9-13-77(74)85(81)84-76-12-8-6-10-73(76)16-20-80(84)90-4/h1,6-21,68-69H,22-67,70-71H2,2-4H3. The van der Waals surface area contributed by atoms with Crippen LogP contribution in [0, 0.1) is 12.3 Å². The lowest BCUT2D eigenvalue weighted by Crippen LogP contribution is -2.16. The minimum absolute atomic E-state index is 0.0184. The van der Waals surface area contributed by atoms with Crippen molar-refractivity contribution in [2.75, 3.05) is 339 Å². The van der Waals surface area contributed by atoms with E-state index in [0.29, 0.717) is 324 Å². The van der Waals surface area contributed by atoms with Crippen molar-refractivity contribution in [1.82, 2.24) is 0 Å². The number of ether oxygens (including phenoxy) is 29. The van der Waals surface area contributed by atoms with Crippen LogP contribution in [0.15, 0.2) is 109 Å². The molecule has 6 aromatic rings. The molecule has 0 spiro atoms. The molecule has 0 radical (unpaired) electrons. The summed E-state index contributed by atoms with van der Waals surface area (Å²) in [6.45, 7) is 20.3. The van der Waals surface area contributed by atoms with Crippen molar-refractivity contribution in [2.24, 2.45) is 0 Å². The van der Waals surface area contributed by atoms with Crippen LogP contribution in [0.3, 0.4) is 0 Å². The number of fused-ring (bicyclic) bond motifs is 2. The highest BCUT2D eigenvalue weighted by atomic mass is 16.7. The van der Waals surface area contributed by atoms with Crippen LogP contribution in [-0.2, 0) is 118 Å². The highest BCUT2D eigenvalue weighted by Crippen LogP contribution is 2.45. The normalized spacial score (nSPS) is 11.5. The number of terminal acetylenes is 1. The van der Waals surface area contributed by atoms with Crippen molar-refractivity contribution in [2.45, 2.75) is 0 Å². The molecule has 0 atom stereocenters. The number of hydrogen-bond donors (Lipinski definition) is 0. The van der Waals surface area contributed by atoms with Crippen molar-refractivity contribution in [3.05, 3.63) is 120 Å². The lowest BCUT2D eigenvalue weighted by atomic mass is 9.92. The highest BCUT2D eigenvalue weighted by Gasteiger charge is 2.21. The van der Waals surface area contributed by atoms with Crippen LogP contribution in [0.25, 0.3) is 43.8 Å². The Morgan fingerprint density at radius 2 is 0.534 bits per heavy atom. The number of methoxy groups -OCH3 is 3. The maximum atomic E-state index is 12.9. The molecule has 30 heteroatoms. The molecule has 0 saturated carbocycles. The molecule has 0 aliphatic heterocycles. The predicted molar refractivity (Wildman–Crippen MR) is 432 cm³/mol. The van der Waals surface area contributed by atoms with Gasteiger partial charge >= 0.3 is 5.97 Å². The van der Waals surface area contributed by atoms with Gasteiger partial charge in [-0.15, -0.1) is 6.42 Å². The van der Waals surface area contributed by atoms with Gasteiger partial charge in [-0.3, -0.25) is 0 Å². The summed E-state index contributed by atoms with van der Waals surface area (Å²) in [6.07, 6.45) is 5.59. The molecular formula is C86H124O30. The van der Waals surface area contributed by atoms with Gasteiger partial charge in [-0.25, -0.2) is 4.79 Å². The van der Waals surface area contributed by atoms with Crippen molar-refractivity contribution in [3.8, 4) is 57.6 Å². The first-order valence-corrected chi connectivity index (χ1v) is 39.6. The number of rotatable bonds is 80. The molecule has 648 valence electrons. The van der Waals surface area contributed by atoms with Gasteiger partial charge in [-0.2, -0.15) is 0 Å². The number of benzene rings is 6. The van der Waals surface area contributed by atoms with Gasteiger partial charge in [0.2, 0.25) is 0 Å². The van der Waals surface area contributed by atoms with Gasteiger partial charge in [0.05, 0.1) is 303 Å². The number of carbonyl (C=O) groups is 1. The first-order chi connectivity index (χ1) is 57.6. The van der Waals surface area contributed by atoms with Gasteiger partial charge in [-0.1, -0.05) is 66.6 Å². The molecule has 0 N–H and O–H groups in total. The van der Waals surface area contributed by atoms with E-state index in [-0.39, 0.29) is 26.8 Å². The molecule has 6 aromatic carbocycles. The fourth-order valence-electron chi connectivity index (χ4n) is 10.7. The Labute approximate surface area is 683 Å². The summed E-state index contributed by atoms with van der Waals surface area (Å²) < 4.78 is 162. The molecule has 0 aliphatic rings. The lowest BCUT2D eigenvalue weighted by Gasteiger charge is -2.19. The SMILES string of the molecule is C#Cc1ccc(-c2ccc(C(=O)OCCOCCOCCOCCOCCOCCOCCOCCOCCOCCOCCOCCOCCOCCOCCOCCOCCOCCOCCOCCOCCOCCOCCOc3ccc4ccccc4c3-c3c(OC)ccc4ccccc34)cc2OCOC)c(OCOC)c1. The molecule has 116 heavy (non-hydrogen) atoms. The van der Waals surface area contributed by atoms with E-state index in [1.807, 2.05) is 42.5 Å². The first-order valence-electron chi connectivity index (χ1n) is 39.6. The summed E-state index contributed by atoms with van der Waals surface area (Å²) in [5.41, 5.74) is 4.30. The van der Waals surface area contributed by atoms with Gasteiger partial charge < -0.3 is 137 Å². The zero-order valence-electron chi connectivity index (χ0n) is 68.2. The van der Waals surface area contributed by atoms with E-state index in [1.165, 1.54) is 14.2 Å². The molecule has 0 fully saturated rings. The molecule has 30 nitrogen and oxygen atoms in total. The van der Waals surface area contributed by atoms with Crippen LogP contribution in [-0.4, -0.2) is 345 Å². The Hall–Kier alpha value is -6.89. The summed E-state index contributed by atoms with van der Waals surface area (Å²) in [5.74, 6) is 4.52. The number of hydrogen-bond acceptors (Lipinski definition) is 30. The Balaban J connectivity index is 0.550. The van der Waals surface area contributed by atoms with Gasteiger partial charge in [0.1, 0.15) is 36.2 Å². The van der Waals surface area contributed by atoms with Crippen LogP contribution in [0.1, 0.15) is 15.9 Å². The van der Waals surface area contributed by atoms with Crippen LogP contribution in [0.4, 0.5) is 0 Å². The minimum Gasteiger partial charge on any atom is -0.496 e. The van der Waals surface area contributed by atoms with Crippen molar-refractivity contribution < 1.29 is 142 Å². The van der Waals surface area contributed by atoms with Gasteiger partial charge in [-0.05, 0) is 70.1 Å². The second kappa shape index (κ2) is 69.0. The summed E-state index contributed by atoms with van der Waals surface area (Å²) in [7, 11) is 4.73. The zero-order valence-corrected chi connectivity index (χ0v) is 68.2. The van der Waals surface area contributed by atoms with Crippen LogP contribution >= 0.6 is 0 Å². The van der Waals surface area contributed by atoms with Crippen molar-refractivity contribution in [3.63, 3.8) is 0 Å². The average Bonchev–Trinajstić information content (AvgIpc) is 0.761. The van der Waals surface area contributed by atoms with E-state index in [0.717, 1.165) is 44.2 Å². The molecule has 0 amide bonds. The number of esters is 1. The summed E-state index contributed by atoms with van der Waals surface area (Å²) >= 11 is 0. The molecule has 0 saturated heterocycles. The van der Waals surface area contributed by atoms with Crippen molar-refractivity contribution >= 4 is 27.5 Å². The molecular weight excluding hydrogens is 1510 g/mol.